The van der Waals surface area contributed by atoms with Gasteiger partial charge in [0.1, 0.15) is 5.82 Å². The Balaban J connectivity index is 2.28. The number of benzene rings is 2. The first kappa shape index (κ1) is 13.8. The summed E-state index contributed by atoms with van der Waals surface area (Å²) in [5.41, 5.74) is 1.59. The minimum Gasteiger partial charge on any atom is -0.481 e. The van der Waals surface area contributed by atoms with E-state index >= 15 is 0 Å². The predicted octanol–water partition coefficient (Wildman–Crippen LogP) is 4.17. The highest BCUT2D eigenvalue weighted by Gasteiger charge is 2.11. The second-order valence-electron chi connectivity index (χ2n) is 4.42. The lowest BCUT2D eigenvalue weighted by atomic mass is 10.0. The molecule has 0 spiro atoms. The zero-order valence-electron chi connectivity index (χ0n) is 11.6. The van der Waals surface area contributed by atoms with Crippen LogP contribution >= 0.6 is 11.8 Å². The zero-order chi connectivity index (χ0) is 14.8. The van der Waals surface area contributed by atoms with E-state index in [2.05, 4.69) is 9.97 Å². The van der Waals surface area contributed by atoms with Crippen LogP contribution in [0.2, 0.25) is 0 Å². The summed E-state index contributed by atoms with van der Waals surface area (Å²) < 4.78 is 19.1. The van der Waals surface area contributed by atoms with Crippen molar-refractivity contribution in [3.8, 4) is 17.1 Å². The smallest absolute Gasteiger partial charge is 0.217 e. The molecule has 0 atom stereocenters. The summed E-state index contributed by atoms with van der Waals surface area (Å²) >= 11 is 1.44. The maximum absolute atomic E-state index is 13.9. The van der Waals surface area contributed by atoms with E-state index in [0.717, 1.165) is 16.6 Å². The van der Waals surface area contributed by atoms with Crippen LogP contribution in [-0.4, -0.2) is 23.3 Å². The molecule has 106 valence electrons. The highest BCUT2D eigenvalue weighted by Crippen LogP contribution is 2.31. The lowest BCUT2D eigenvalue weighted by molar-refractivity contribution is 0.392. The van der Waals surface area contributed by atoms with E-state index in [4.69, 9.17) is 4.74 Å². The van der Waals surface area contributed by atoms with Crippen molar-refractivity contribution >= 4 is 22.5 Å². The minimum absolute atomic E-state index is 0.236. The number of thioether (sulfide) groups is 1. The monoisotopic (exact) mass is 300 g/mol. The molecule has 0 radical (unpaired) electrons. The molecule has 1 aromatic heterocycles. The molecule has 0 amide bonds. The summed E-state index contributed by atoms with van der Waals surface area (Å²) in [5, 5.41) is 2.03. The van der Waals surface area contributed by atoms with Crippen LogP contribution in [0.3, 0.4) is 0 Å². The number of rotatable bonds is 3. The Morgan fingerprint density at radius 1 is 1.05 bits per heavy atom. The van der Waals surface area contributed by atoms with Gasteiger partial charge in [0.25, 0.3) is 0 Å². The molecular formula is C16H13FN2OS. The van der Waals surface area contributed by atoms with E-state index < -0.39 is 0 Å². The van der Waals surface area contributed by atoms with Crippen LogP contribution in [0.25, 0.3) is 22.0 Å². The molecule has 2 aromatic carbocycles. The van der Waals surface area contributed by atoms with Crippen molar-refractivity contribution in [2.45, 2.75) is 5.16 Å². The molecule has 1 heterocycles. The van der Waals surface area contributed by atoms with Crippen molar-refractivity contribution in [1.29, 1.82) is 0 Å². The third kappa shape index (κ3) is 2.56. The van der Waals surface area contributed by atoms with Crippen LogP contribution in [0.5, 0.6) is 5.88 Å². The van der Waals surface area contributed by atoms with Crippen LogP contribution in [0, 0.1) is 5.82 Å². The zero-order valence-corrected chi connectivity index (χ0v) is 12.4. The number of aromatic nitrogens is 2. The van der Waals surface area contributed by atoms with Crippen molar-refractivity contribution in [3.63, 3.8) is 0 Å². The summed E-state index contributed by atoms with van der Waals surface area (Å²) in [7, 11) is 1.57. The molecule has 3 nitrogen and oxygen atoms in total. The van der Waals surface area contributed by atoms with Crippen molar-refractivity contribution in [2.75, 3.05) is 13.4 Å². The molecule has 21 heavy (non-hydrogen) atoms. The first-order valence-electron chi connectivity index (χ1n) is 6.37. The third-order valence-corrected chi connectivity index (χ3v) is 3.77. The molecule has 0 aliphatic heterocycles. The van der Waals surface area contributed by atoms with Gasteiger partial charge in [0.2, 0.25) is 5.88 Å². The van der Waals surface area contributed by atoms with Gasteiger partial charge in [-0.15, -0.1) is 0 Å². The largest absolute Gasteiger partial charge is 0.481 e. The molecule has 0 saturated heterocycles. The second kappa shape index (κ2) is 5.69. The molecule has 0 N–H and O–H groups in total. The van der Waals surface area contributed by atoms with Gasteiger partial charge in [-0.3, -0.25) is 0 Å². The second-order valence-corrected chi connectivity index (χ2v) is 5.20. The fourth-order valence-electron chi connectivity index (χ4n) is 2.22. The Morgan fingerprint density at radius 3 is 2.52 bits per heavy atom. The highest BCUT2D eigenvalue weighted by atomic mass is 32.2. The average molecular weight is 300 g/mol. The van der Waals surface area contributed by atoms with Gasteiger partial charge in [-0.05, 0) is 23.8 Å². The normalized spacial score (nSPS) is 10.8. The van der Waals surface area contributed by atoms with Gasteiger partial charge >= 0.3 is 0 Å². The first-order chi connectivity index (χ1) is 10.2. The van der Waals surface area contributed by atoms with Crippen LogP contribution in [0.1, 0.15) is 0 Å². The quantitative estimate of drug-likeness (QED) is 0.537. The van der Waals surface area contributed by atoms with Crippen LogP contribution in [-0.2, 0) is 0 Å². The maximum atomic E-state index is 13.9. The van der Waals surface area contributed by atoms with Gasteiger partial charge in [0.05, 0.1) is 12.8 Å². The molecule has 3 rings (SSSR count). The Hall–Kier alpha value is -2.14. The van der Waals surface area contributed by atoms with E-state index in [1.165, 1.54) is 17.8 Å². The summed E-state index contributed by atoms with van der Waals surface area (Å²) in [6.45, 7) is 0. The van der Waals surface area contributed by atoms with E-state index in [9.17, 15) is 4.39 Å². The van der Waals surface area contributed by atoms with E-state index in [1.54, 1.807) is 25.3 Å². The minimum atomic E-state index is -0.236. The fraction of sp³-hybridized carbons (Fsp3) is 0.125. The van der Waals surface area contributed by atoms with Gasteiger partial charge in [-0.25, -0.2) is 9.37 Å². The predicted molar refractivity (Wildman–Crippen MR) is 83.3 cm³/mol. The highest BCUT2D eigenvalue weighted by molar-refractivity contribution is 7.98. The molecule has 0 saturated carbocycles. The SMILES string of the molecule is COc1cc(-c2ccc(F)c3ccccc23)nc(SC)n1. The van der Waals surface area contributed by atoms with E-state index in [-0.39, 0.29) is 5.82 Å². The summed E-state index contributed by atoms with van der Waals surface area (Å²) in [6, 6.07) is 12.3. The Morgan fingerprint density at radius 2 is 1.81 bits per heavy atom. The molecule has 0 bridgehead atoms. The maximum Gasteiger partial charge on any atom is 0.217 e. The van der Waals surface area contributed by atoms with Crippen molar-refractivity contribution in [1.82, 2.24) is 9.97 Å². The Bertz CT molecular complexity index is 785. The number of hydrogen-bond donors (Lipinski definition) is 0. The lowest BCUT2D eigenvalue weighted by Gasteiger charge is -2.09. The summed E-state index contributed by atoms with van der Waals surface area (Å²) in [4.78, 5) is 8.75. The molecule has 0 fully saturated rings. The number of hydrogen-bond acceptors (Lipinski definition) is 4. The average Bonchev–Trinajstić information content (AvgIpc) is 2.55. The lowest BCUT2D eigenvalue weighted by Crippen LogP contribution is -1.95. The van der Waals surface area contributed by atoms with Crippen LogP contribution in [0.15, 0.2) is 47.6 Å². The van der Waals surface area contributed by atoms with Gasteiger partial charge in [-0.1, -0.05) is 36.0 Å². The molecule has 0 unspecified atom stereocenters. The number of halogens is 1. The summed E-state index contributed by atoms with van der Waals surface area (Å²) in [5.74, 6) is 0.262. The standard InChI is InChI=1S/C16H13FN2OS/c1-20-15-9-14(18-16(19-15)21-2)12-7-8-13(17)11-6-4-3-5-10(11)12/h3-9H,1-2H3. The molecular weight excluding hydrogens is 287 g/mol. The van der Waals surface area contributed by atoms with Crippen molar-refractivity contribution in [3.05, 3.63) is 48.3 Å². The Labute approximate surface area is 126 Å². The van der Waals surface area contributed by atoms with Crippen molar-refractivity contribution in [2.24, 2.45) is 0 Å². The number of fused-ring (bicyclic) bond motifs is 1. The van der Waals surface area contributed by atoms with Gasteiger partial charge in [0, 0.05) is 17.0 Å². The van der Waals surface area contributed by atoms with Gasteiger partial charge < -0.3 is 4.74 Å². The van der Waals surface area contributed by atoms with Crippen LogP contribution in [0.4, 0.5) is 4.39 Å². The molecule has 5 heteroatoms. The number of nitrogens with zero attached hydrogens (tertiary/aromatic N) is 2. The summed E-state index contributed by atoms with van der Waals surface area (Å²) in [6.07, 6.45) is 1.90. The molecule has 0 aliphatic carbocycles. The fourth-order valence-corrected chi connectivity index (χ4v) is 2.59. The molecule has 3 aromatic rings. The topological polar surface area (TPSA) is 35.0 Å². The van der Waals surface area contributed by atoms with Crippen molar-refractivity contribution < 1.29 is 9.13 Å². The molecule has 0 aliphatic rings. The third-order valence-electron chi connectivity index (χ3n) is 3.22. The number of methoxy groups -OCH3 is 1. The van der Waals surface area contributed by atoms with Gasteiger partial charge in [0.15, 0.2) is 5.16 Å². The first-order valence-corrected chi connectivity index (χ1v) is 7.60. The van der Waals surface area contributed by atoms with Crippen LogP contribution < -0.4 is 4.74 Å². The number of ether oxygens (including phenoxy) is 1. The Kier molecular flexibility index (Phi) is 3.75. The van der Waals surface area contributed by atoms with E-state index in [1.807, 2.05) is 24.5 Å². The van der Waals surface area contributed by atoms with E-state index in [0.29, 0.717) is 16.4 Å². The van der Waals surface area contributed by atoms with Gasteiger partial charge in [-0.2, -0.15) is 4.98 Å².